The molecule has 1 saturated heterocycles. The Morgan fingerprint density at radius 1 is 1.54 bits per heavy atom. The smallest absolute Gasteiger partial charge is 0.0477 e. The van der Waals surface area contributed by atoms with E-state index in [0.29, 0.717) is 0 Å². The highest BCUT2D eigenvalue weighted by Gasteiger charge is 2.11. The molecule has 0 amide bonds. The molecule has 0 aromatic carbocycles. The summed E-state index contributed by atoms with van der Waals surface area (Å²) in [5, 5.41) is 3.58. The average molecular weight is 203 g/mol. The van der Waals surface area contributed by atoms with E-state index in [9.17, 15) is 0 Å². The van der Waals surface area contributed by atoms with Crippen molar-refractivity contribution in [2.45, 2.75) is 32.2 Å². The van der Waals surface area contributed by atoms with Gasteiger partial charge in [0, 0.05) is 25.0 Å². The van der Waals surface area contributed by atoms with E-state index < -0.39 is 0 Å². The highest BCUT2D eigenvalue weighted by Crippen LogP contribution is 2.16. The molecule has 1 atom stereocenters. The molecule has 2 nitrogen and oxygen atoms in total. The molecule has 1 aliphatic heterocycles. The maximum Gasteiger partial charge on any atom is 0.0477 e. The van der Waals surface area contributed by atoms with Crippen molar-refractivity contribution in [2.24, 2.45) is 0 Å². The van der Waals surface area contributed by atoms with Crippen molar-refractivity contribution in [3.05, 3.63) is 0 Å². The van der Waals surface area contributed by atoms with Crippen molar-refractivity contribution in [1.82, 2.24) is 5.32 Å². The third-order valence-corrected chi connectivity index (χ3v) is 3.48. The van der Waals surface area contributed by atoms with E-state index in [1.54, 1.807) is 0 Å². The second kappa shape index (κ2) is 7.65. The van der Waals surface area contributed by atoms with Gasteiger partial charge in [0.05, 0.1) is 0 Å². The highest BCUT2D eigenvalue weighted by molar-refractivity contribution is 7.99. The Balaban J connectivity index is 1.86. The molecular formula is C10H21NOS. The second-order valence-corrected chi connectivity index (χ2v) is 4.57. The van der Waals surface area contributed by atoms with Gasteiger partial charge in [-0.1, -0.05) is 0 Å². The number of hydrogen-bond donors (Lipinski definition) is 1. The lowest BCUT2D eigenvalue weighted by molar-refractivity contribution is 0.144. The number of thioether (sulfide) groups is 1. The van der Waals surface area contributed by atoms with E-state index in [0.717, 1.165) is 32.2 Å². The summed E-state index contributed by atoms with van der Waals surface area (Å²) in [6, 6.07) is 0.764. The van der Waals surface area contributed by atoms with Crippen molar-refractivity contribution >= 4 is 11.8 Å². The van der Waals surface area contributed by atoms with Crippen LogP contribution in [0.15, 0.2) is 0 Å². The largest absolute Gasteiger partial charge is 0.382 e. The Morgan fingerprint density at radius 2 is 2.46 bits per heavy atom. The van der Waals surface area contributed by atoms with Gasteiger partial charge in [-0.05, 0) is 38.5 Å². The van der Waals surface area contributed by atoms with Gasteiger partial charge >= 0.3 is 0 Å². The zero-order chi connectivity index (χ0) is 9.36. The van der Waals surface area contributed by atoms with Gasteiger partial charge in [0.2, 0.25) is 0 Å². The van der Waals surface area contributed by atoms with Crippen LogP contribution in [0.3, 0.4) is 0 Å². The maximum absolute atomic E-state index is 5.28. The van der Waals surface area contributed by atoms with Gasteiger partial charge in [-0.3, -0.25) is 0 Å². The molecule has 1 heterocycles. The topological polar surface area (TPSA) is 21.3 Å². The molecule has 78 valence electrons. The summed E-state index contributed by atoms with van der Waals surface area (Å²) in [6.45, 7) is 4.92. The number of hydrogen-bond acceptors (Lipinski definition) is 3. The summed E-state index contributed by atoms with van der Waals surface area (Å²) in [7, 11) is 0. The molecule has 1 rings (SSSR count). The average Bonchev–Trinajstić information content (AvgIpc) is 2.19. The number of ether oxygens (including phenoxy) is 1. The summed E-state index contributed by atoms with van der Waals surface area (Å²) in [5.41, 5.74) is 0. The molecule has 0 bridgehead atoms. The van der Waals surface area contributed by atoms with Crippen LogP contribution in [-0.2, 0) is 4.74 Å². The Bertz CT molecular complexity index is 115. The van der Waals surface area contributed by atoms with Crippen LogP contribution in [0.2, 0.25) is 0 Å². The molecule has 1 fully saturated rings. The van der Waals surface area contributed by atoms with E-state index in [-0.39, 0.29) is 0 Å². The van der Waals surface area contributed by atoms with Crippen LogP contribution in [0, 0.1) is 0 Å². The predicted octanol–water partition coefficient (Wildman–Crippen LogP) is 1.90. The highest BCUT2D eigenvalue weighted by atomic mass is 32.2. The van der Waals surface area contributed by atoms with E-state index in [2.05, 4.69) is 17.1 Å². The molecule has 0 unspecified atom stereocenters. The van der Waals surface area contributed by atoms with Crippen LogP contribution in [0.25, 0.3) is 0 Å². The third-order valence-electron chi connectivity index (χ3n) is 2.26. The first-order valence-corrected chi connectivity index (χ1v) is 6.48. The van der Waals surface area contributed by atoms with Crippen molar-refractivity contribution in [2.75, 3.05) is 31.3 Å². The van der Waals surface area contributed by atoms with Crippen LogP contribution in [0.4, 0.5) is 0 Å². The molecule has 1 aliphatic rings. The maximum atomic E-state index is 5.28. The van der Waals surface area contributed by atoms with Gasteiger partial charge in [0.1, 0.15) is 0 Å². The van der Waals surface area contributed by atoms with Gasteiger partial charge in [0.15, 0.2) is 0 Å². The fraction of sp³-hybridized carbons (Fsp3) is 1.00. The lowest BCUT2D eigenvalue weighted by Crippen LogP contribution is -2.34. The lowest BCUT2D eigenvalue weighted by atomic mass is 10.2. The van der Waals surface area contributed by atoms with Crippen LogP contribution in [0.1, 0.15) is 26.2 Å². The molecule has 0 saturated carbocycles. The quantitative estimate of drug-likeness (QED) is 0.666. The molecule has 1 N–H and O–H groups in total. The number of nitrogens with one attached hydrogen (secondary N) is 1. The first kappa shape index (κ1) is 11.3. The lowest BCUT2D eigenvalue weighted by Gasteiger charge is -2.22. The van der Waals surface area contributed by atoms with Crippen LogP contribution in [0.5, 0.6) is 0 Å². The van der Waals surface area contributed by atoms with E-state index in [1.165, 1.54) is 24.3 Å². The number of rotatable bonds is 6. The zero-order valence-corrected chi connectivity index (χ0v) is 9.37. The Kier molecular flexibility index (Phi) is 6.68. The van der Waals surface area contributed by atoms with Crippen molar-refractivity contribution in [3.63, 3.8) is 0 Å². The van der Waals surface area contributed by atoms with Crippen molar-refractivity contribution < 1.29 is 4.74 Å². The van der Waals surface area contributed by atoms with Crippen LogP contribution >= 0.6 is 11.8 Å². The second-order valence-electron chi connectivity index (χ2n) is 3.42. The summed E-state index contributed by atoms with van der Waals surface area (Å²) in [5.74, 6) is 2.66. The summed E-state index contributed by atoms with van der Waals surface area (Å²) < 4.78 is 5.28. The van der Waals surface area contributed by atoms with E-state index >= 15 is 0 Å². The first-order chi connectivity index (χ1) is 6.43. The monoisotopic (exact) mass is 203 g/mol. The minimum atomic E-state index is 0.764. The van der Waals surface area contributed by atoms with Gasteiger partial charge in [0.25, 0.3) is 0 Å². The van der Waals surface area contributed by atoms with Gasteiger partial charge in [-0.15, -0.1) is 0 Å². The zero-order valence-electron chi connectivity index (χ0n) is 8.55. The van der Waals surface area contributed by atoms with Gasteiger partial charge < -0.3 is 10.1 Å². The normalized spacial score (nSPS) is 23.3. The summed E-state index contributed by atoms with van der Waals surface area (Å²) >= 11 is 2.08. The Morgan fingerprint density at radius 3 is 3.15 bits per heavy atom. The van der Waals surface area contributed by atoms with Crippen molar-refractivity contribution in [1.29, 1.82) is 0 Å². The van der Waals surface area contributed by atoms with E-state index in [1.807, 2.05) is 6.92 Å². The minimum absolute atomic E-state index is 0.764. The summed E-state index contributed by atoms with van der Waals surface area (Å²) in [6.07, 6.45) is 3.89. The van der Waals surface area contributed by atoms with Crippen molar-refractivity contribution in [3.8, 4) is 0 Å². The first-order valence-electron chi connectivity index (χ1n) is 5.32. The minimum Gasteiger partial charge on any atom is -0.382 e. The Hall–Kier alpha value is 0.270. The van der Waals surface area contributed by atoms with Gasteiger partial charge in [-0.25, -0.2) is 0 Å². The fourth-order valence-electron chi connectivity index (χ4n) is 1.53. The van der Waals surface area contributed by atoms with Gasteiger partial charge in [-0.2, -0.15) is 11.8 Å². The molecule has 0 aromatic heterocycles. The predicted molar refractivity (Wildman–Crippen MR) is 59.5 cm³/mol. The third kappa shape index (κ3) is 5.55. The fourth-order valence-corrected chi connectivity index (χ4v) is 2.63. The Labute approximate surface area is 85.8 Å². The van der Waals surface area contributed by atoms with Crippen LogP contribution < -0.4 is 5.32 Å². The molecule has 0 aliphatic carbocycles. The van der Waals surface area contributed by atoms with E-state index in [4.69, 9.17) is 4.74 Å². The SMILES string of the molecule is CCOCCCN[C@@H]1CCCSC1. The van der Waals surface area contributed by atoms with Crippen LogP contribution in [-0.4, -0.2) is 37.3 Å². The molecule has 0 aromatic rings. The molecule has 0 radical (unpaired) electrons. The summed E-state index contributed by atoms with van der Waals surface area (Å²) in [4.78, 5) is 0. The molecule has 3 heteroatoms. The standard InChI is InChI=1S/C10H21NOS/c1-2-12-7-4-6-11-10-5-3-8-13-9-10/h10-11H,2-9H2,1H3/t10-/m1/s1. The molecular weight excluding hydrogens is 182 g/mol. The molecule has 0 spiro atoms. The molecule has 13 heavy (non-hydrogen) atoms.